The zero-order valence-corrected chi connectivity index (χ0v) is 19.4. The number of imidazole rings is 1. The van der Waals surface area contributed by atoms with Crippen LogP contribution in [0.15, 0.2) is 42.9 Å². The maximum absolute atomic E-state index is 12.9. The molecule has 0 aliphatic heterocycles. The zero-order valence-electron chi connectivity index (χ0n) is 19.4. The van der Waals surface area contributed by atoms with Crippen LogP contribution in [-0.4, -0.2) is 70.0 Å². The molecule has 3 amide bonds. The Balaban J connectivity index is 1.92. The van der Waals surface area contributed by atoms with Crippen molar-refractivity contribution in [1.82, 2.24) is 25.9 Å². The molecule has 0 saturated carbocycles. The van der Waals surface area contributed by atoms with Crippen molar-refractivity contribution in [3.63, 3.8) is 0 Å². The summed E-state index contributed by atoms with van der Waals surface area (Å²) in [6.45, 7) is 0.0286. The maximum Gasteiger partial charge on any atom is 0.326 e. The number of hydrogen-bond donors (Lipinski definition) is 7. The first-order valence-electron chi connectivity index (χ1n) is 11.4. The topological polar surface area (TPSA) is 205 Å². The fourth-order valence-corrected chi connectivity index (χ4v) is 3.35. The van der Waals surface area contributed by atoms with E-state index in [9.17, 15) is 24.3 Å². The lowest BCUT2D eigenvalue weighted by molar-refractivity contribution is -0.142. The highest BCUT2D eigenvalue weighted by Gasteiger charge is 2.27. The third-order valence-corrected chi connectivity index (χ3v) is 5.25. The van der Waals surface area contributed by atoms with Gasteiger partial charge in [0.15, 0.2) is 0 Å². The van der Waals surface area contributed by atoms with E-state index in [2.05, 4.69) is 25.9 Å². The van der Waals surface area contributed by atoms with E-state index in [1.807, 2.05) is 6.07 Å². The molecule has 2 aromatic rings. The minimum Gasteiger partial charge on any atom is -0.480 e. The summed E-state index contributed by atoms with van der Waals surface area (Å²) < 4.78 is 0. The van der Waals surface area contributed by atoms with Crippen LogP contribution in [0.4, 0.5) is 0 Å². The molecular weight excluding hydrogens is 454 g/mol. The molecule has 12 heteroatoms. The molecule has 12 nitrogen and oxygen atoms in total. The first-order chi connectivity index (χ1) is 16.8. The standard InChI is InChI=1S/C23H33N7O5/c24-9-5-4-8-18(22(33)30-19(23(34)35)10-15-6-2-1-3-7-15)29-20(31)13-27-21(32)17(25)11-16-12-26-14-28-16/h1-3,6-7,12,14,17-19H,4-5,8-11,13,24-25H2,(H,26,28)(H,27,32)(H,29,31)(H,30,33)(H,34,35)/t17-,18-,19-/m0/s1. The average molecular weight is 488 g/mol. The smallest absolute Gasteiger partial charge is 0.326 e. The molecule has 0 aliphatic rings. The van der Waals surface area contributed by atoms with Crippen molar-refractivity contribution < 1.29 is 24.3 Å². The van der Waals surface area contributed by atoms with Crippen molar-refractivity contribution >= 4 is 23.7 Å². The summed E-state index contributed by atoms with van der Waals surface area (Å²) in [5, 5.41) is 17.1. The highest BCUT2D eigenvalue weighted by Crippen LogP contribution is 2.06. The van der Waals surface area contributed by atoms with Gasteiger partial charge in [-0.25, -0.2) is 9.78 Å². The zero-order chi connectivity index (χ0) is 25.6. The summed E-state index contributed by atoms with van der Waals surface area (Å²) in [5.74, 6) is -2.95. The molecule has 35 heavy (non-hydrogen) atoms. The molecule has 0 saturated heterocycles. The quantitative estimate of drug-likeness (QED) is 0.152. The fraction of sp³-hybridized carbons (Fsp3) is 0.435. The first-order valence-corrected chi connectivity index (χ1v) is 11.4. The van der Waals surface area contributed by atoms with E-state index in [0.717, 1.165) is 5.56 Å². The largest absolute Gasteiger partial charge is 0.480 e. The van der Waals surface area contributed by atoms with Gasteiger partial charge in [0.25, 0.3) is 0 Å². The van der Waals surface area contributed by atoms with E-state index >= 15 is 0 Å². The van der Waals surface area contributed by atoms with E-state index in [4.69, 9.17) is 11.5 Å². The summed E-state index contributed by atoms with van der Waals surface area (Å²) in [4.78, 5) is 55.9. The van der Waals surface area contributed by atoms with Crippen molar-refractivity contribution in [2.45, 2.75) is 50.2 Å². The molecule has 0 fully saturated rings. The van der Waals surface area contributed by atoms with E-state index in [1.54, 1.807) is 30.5 Å². The highest BCUT2D eigenvalue weighted by molar-refractivity contribution is 5.92. The van der Waals surface area contributed by atoms with Gasteiger partial charge >= 0.3 is 5.97 Å². The normalized spacial score (nSPS) is 13.3. The van der Waals surface area contributed by atoms with Crippen LogP contribution in [0.5, 0.6) is 0 Å². The van der Waals surface area contributed by atoms with Crippen molar-refractivity contribution in [3.8, 4) is 0 Å². The molecule has 0 spiro atoms. The summed E-state index contributed by atoms with van der Waals surface area (Å²) in [6, 6.07) is 5.86. The Hall–Kier alpha value is -3.77. The third-order valence-electron chi connectivity index (χ3n) is 5.25. The number of carboxylic acids is 1. The molecule has 190 valence electrons. The van der Waals surface area contributed by atoms with Gasteiger partial charge in [-0.1, -0.05) is 30.3 Å². The van der Waals surface area contributed by atoms with Gasteiger partial charge in [-0.15, -0.1) is 0 Å². The van der Waals surface area contributed by atoms with Gasteiger partial charge in [0.2, 0.25) is 17.7 Å². The monoisotopic (exact) mass is 487 g/mol. The van der Waals surface area contributed by atoms with Crippen LogP contribution in [0.3, 0.4) is 0 Å². The number of nitrogens with two attached hydrogens (primary N) is 2. The minimum atomic E-state index is -1.19. The lowest BCUT2D eigenvalue weighted by Gasteiger charge is -2.22. The van der Waals surface area contributed by atoms with E-state index in [0.29, 0.717) is 25.1 Å². The molecule has 0 unspecified atom stereocenters. The number of H-pyrrole nitrogens is 1. The third kappa shape index (κ3) is 9.94. The van der Waals surface area contributed by atoms with Crippen molar-refractivity contribution in [2.24, 2.45) is 11.5 Å². The van der Waals surface area contributed by atoms with E-state index < -0.39 is 41.8 Å². The molecule has 9 N–H and O–H groups in total. The van der Waals surface area contributed by atoms with Crippen LogP contribution in [0.25, 0.3) is 0 Å². The number of rotatable bonds is 15. The first kappa shape index (κ1) is 27.5. The predicted molar refractivity (Wildman–Crippen MR) is 128 cm³/mol. The summed E-state index contributed by atoms with van der Waals surface area (Å²) >= 11 is 0. The highest BCUT2D eigenvalue weighted by atomic mass is 16.4. The number of nitrogens with one attached hydrogen (secondary N) is 4. The number of hydrogen-bond acceptors (Lipinski definition) is 7. The van der Waals surface area contributed by atoms with E-state index in [-0.39, 0.29) is 25.8 Å². The minimum absolute atomic E-state index is 0.0929. The second kappa shape index (κ2) is 14.5. The van der Waals surface area contributed by atoms with Gasteiger partial charge in [-0.05, 0) is 31.4 Å². The van der Waals surface area contributed by atoms with Crippen molar-refractivity contribution in [3.05, 3.63) is 54.1 Å². The number of carbonyl (C=O) groups is 4. The van der Waals surface area contributed by atoms with Crippen LogP contribution in [0.2, 0.25) is 0 Å². The molecule has 0 bridgehead atoms. The SMILES string of the molecule is NCCCC[C@H](NC(=O)CNC(=O)[C@@H](N)Cc1cnc[nH]1)C(=O)N[C@@H](Cc1ccccc1)C(=O)O. The molecule has 0 aliphatic carbocycles. The fourth-order valence-electron chi connectivity index (χ4n) is 3.35. The molecule has 2 rings (SSSR count). The number of aromatic amines is 1. The van der Waals surface area contributed by atoms with Crippen molar-refractivity contribution in [1.29, 1.82) is 0 Å². The Morgan fingerprint density at radius 1 is 1.00 bits per heavy atom. The summed E-state index contributed by atoms with van der Waals surface area (Å²) in [5.41, 5.74) is 12.8. The molecule has 1 aromatic carbocycles. The second-order valence-electron chi connectivity index (χ2n) is 8.10. The Morgan fingerprint density at radius 3 is 2.37 bits per heavy atom. The van der Waals surface area contributed by atoms with Crippen LogP contribution in [0.1, 0.15) is 30.5 Å². The lowest BCUT2D eigenvalue weighted by atomic mass is 10.0. The van der Waals surface area contributed by atoms with E-state index in [1.165, 1.54) is 6.33 Å². The Morgan fingerprint density at radius 2 is 1.74 bits per heavy atom. The van der Waals surface area contributed by atoms with Gasteiger partial charge in [0.1, 0.15) is 12.1 Å². The van der Waals surface area contributed by atoms with Gasteiger partial charge in [-0.3, -0.25) is 14.4 Å². The lowest BCUT2D eigenvalue weighted by Crippen LogP contribution is -2.54. The molecule has 1 heterocycles. The second-order valence-corrected chi connectivity index (χ2v) is 8.10. The van der Waals surface area contributed by atoms with Crippen molar-refractivity contribution in [2.75, 3.05) is 13.1 Å². The molecule has 3 atom stereocenters. The number of amides is 3. The number of unbranched alkanes of at least 4 members (excludes halogenated alkanes) is 1. The predicted octanol–water partition coefficient (Wildman–Crippen LogP) is -1.18. The number of benzene rings is 1. The van der Waals surface area contributed by atoms with Crippen LogP contribution < -0.4 is 27.4 Å². The molecule has 0 radical (unpaired) electrons. The van der Waals surface area contributed by atoms with Gasteiger partial charge < -0.3 is 37.5 Å². The summed E-state index contributed by atoms with van der Waals surface area (Å²) in [7, 11) is 0. The number of aromatic nitrogens is 2. The average Bonchev–Trinajstić information content (AvgIpc) is 3.35. The number of carbonyl (C=O) groups excluding carboxylic acids is 3. The van der Waals surface area contributed by atoms with Gasteiger partial charge in [0, 0.05) is 24.7 Å². The number of carboxylic acid groups (broad SMARTS) is 1. The molecular formula is C23H33N7O5. The van der Waals surface area contributed by atoms with Gasteiger partial charge in [0.05, 0.1) is 18.9 Å². The number of nitrogens with zero attached hydrogens (tertiary/aromatic N) is 1. The Labute approximate surface area is 203 Å². The van der Waals surface area contributed by atoms with Crippen LogP contribution in [0, 0.1) is 0 Å². The Kier molecular flexibility index (Phi) is 11.4. The molecule has 1 aromatic heterocycles. The van der Waals surface area contributed by atoms with Crippen LogP contribution >= 0.6 is 0 Å². The van der Waals surface area contributed by atoms with Crippen LogP contribution in [-0.2, 0) is 32.0 Å². The van der Waals surface area contributed by atoms with Gasteiger partial charge in [-0.2, -0.15) is 0 Å². The number of aliphatic carboxylic acids is 1. The Bertz CT molecular complexity index is 952. The summed E-state index contributed by atoms with van der Waals surface area (Å²) in [6.07, 6.45) is 4.77. The maximum atomic E-state index is 12.9.